The van der Waals surface area contributed by atoms with E-state index in [-0.39, 0.29) is 17.0 Å². The summed E-state index contributed by atoms with van der Waals surface area (Å²) in [5, 5.41) is 0. The molecule has 0 spiro atoms. The second-order valence-electron chi connectivity index (χ2n) is 2.17. The largest absolute Gasteiger partial charge is 1.00 e. The van der Waals surface area contributed by atoms with Crippen LogP contribution in [0, 0.1) is 12.0 Å². The monoisotopic (exact) mass is 214 g/mol. The lowest BCUT2D eigenvalue weighted by molar-refractivity contribution is -0.701. The van der Waals surface area contributed by atoms with E-state index in [2.05, 4.69) is 23.9 Å². The van der Waals surface area contributed by atoms with Gasteiger partial charge in [0.2, 0.25) is 6.34 Å². The molecule has 0 aromatic carbocycles. The van der Waals surface area contributed by atoms with Crippen molar-refractivity contribution in [1.29, 1.82) is 0 Å². The van der Waals surface area contributed by atoms with Gasteiger partial charge in [0.05, 0.1) is 12.7 Å². The molecule has 1 aliphatic heterocycles. The second-order valence-corrected chi connectivity index (χ2v) is 2.17. The highest BCUT2D eigenvalue weighted by molar-refractivity contribution is 5.52. The summed E-state index contributed by atoms with van der Waals surface area (Å²) in [6.07, 6.45) is 5.61. The number of quaternary nitrogens is 1. The summed E-state index contributed by atoms with van der Waals surface area (Å²) in [7, 11) is 0. The minimum absolute atomic E-state index is 0. The molecular weight excluding hydrogens is 204 g/mol. The van der Waals surface area contributed by atoms with Crippen molar-refractivity contribution in [3.05, 3.63) is 12.4 Å². The smallest absolute Gasteiger partial charge is 0.208 e. The molecule has 60 valence electrons. The van der Waals surface area contributed by atoms with Crippen LogP contribution in [0.2, 0.25) is 0 Å². The van der Waals surface area contributed by atoms with E-state index >= 15 is 0 Å². The minimum Gasteiger partial charge on any atom is -1.00 e. The van der Waals surface area contributed by atoms with E-state index in [1.165, 1.54) is 0 Å². The van der Waals surface area contributed by atoms with Gasteiger partial charge in [-0.05, 0) is 12.8 Å². The summed E-state index contributed by atoms with van der Waals surface area (Å²) in [6.45, 7) is 4.88. The molecule has 1 rings (SSSR count). The molecule has 0 saturated heterocycles. The van der Waals surface area contributed by atoms with Gasteiger partial charge in [-0.15, -0.1) is 0 Å². The maximum absolute atomic E-state index is 3.99. The van der Waals surface area contributed by atoms with E-state index in [9.17, 15) is 0 Å². The molecule has 0 aromatic heterocycles. The molecule has 1 heterocycles. The normalized spacial score (nSPS) is 25.6. The first-order valence-electron chi connectivity index (χ1n) is 3.36. The predicted molar refractivity (Wildman–Crippen MR) is 41.9 cm³/mol. The van der Waals surface area contributed by atoms with Crippen molar-refractivity contribution < 1.29 is 21.5 Å². The summed E-state index contributed by atoms with van der Waals surface area (Å²) in [4.78, 5) is 3.99. The van der Waals surface area contributed by atoms with Crippen molar-refractivity contribution in [3.8, 4) is 12.0 Å². The van der Waals surface area contributed by atoms with Crippen LogP contribution in [0.3, 0.4) is 0 Å². The average Bonchev–Trinajstić information content (AvgIpc) is 2.39. The molecule has 0 aromatic rings. The number of rotatable bonds is 1. The number of hydrogen-bond acceptors (Lipinski definition) is 1. The standard InChI is InChI=1S/C8H11N2.BrH/c1-3-6-10(4-2)7-5-9-8-10;/h5,7-8H,4H2,1-2H3;1H/q+1;/p-1. The fraction of sp³-hybridized carbons (Fsp3) is 0.375. The molecule has 11 heavy (non-hydrogen) atoms. The first-order chi connectivity index (χ1) is 4.83. The molecule has 1 aliphatic rings. The second kappa shape index (κ2) is 4.32. The number of aliphatic imine (C=N–C) groups is 1. The van der Waals surface area contributed by atoms with E-state index < -0.39 is 0 Å². The van der Waals surface area contributed by atoms with Crippen molar-refractivity contribution >= 4 is 6.34 Å². The third kappa shape index (κ3) is 2.18. The first kappa shape index (κ1) is 10.4. The SMILES string of the molecule is CC#C[N+]1(CC)C=CN=C1.[Br-]. The number of nitrogens with zero attached hydrogens (tertiary/aromatic N) is 2. The highest BCUT2D eigenvalue weighted by Gasteiger charge is 2.20. The maximum Gasteiger partial charge on any atom is 0.208 e. The van der Waals surface area contributed by atoms with Crippen LogP contribution in [0.25, 0.3) is 0 Å². The van der Waals surface area contributed by atoms with Gasteiger partial charge in [0.1, 0.15) is 12.2 Å². The number of halogens is 1. The molecule has 0 saturated carbocycles. The van der Waals surface area contributed by atoms with E-state index in [1.54, 1.807) is 6.20 Å². The molecule has 0 aliphatic carbocycles. The average molecular weight is 215 g/mol. The number of hydrogen-bond donors (Lipinski definition) is 0. The van der Waals surface area contributed by atoms with E-state index in [0.29, 0.717) is 4.48 Å². The predicted octanol–water partition coefficient (Wildman–Crippen LogP) is -1.68. The molecule has 0 N–H and O–H groups in total. The van der Waals surface area contributed by atoms with Crippen LogP contribution in [-0.4, -0.2) is 17.4 Å². The molecule has 0 fully saturated rings. The minimum atomic E-state index is 0. The van der Waals surface area contributed by atoms with Crippen molar-refractivity contribution in [2.45, 2.75) is 13.8 Å². The summed E-state index contributed by atoms with van der Waals surface area (Å²) in [5.41, 5.74) is 0. The van der Waals surface area contributed by atoms with Gasteiger partial charge in [0.15, 0.2) is 0 Å². The van der Waals surface area contributed by atoms with Crippen molar-refractivity contribution in [3.63, 3.8) is 0 Å². The molecule has 1 unspecified atom stereocenters. The molecule has 2 nitrogen and oxygen atoms in total. The summed E-state index contributed by atoms with van der Waals surface area (Å²) in [6, 6.07) is 3.06. The van der Waals surface area contributed by atoms with Crippen molar-refractivity contribution in [2.75, 3.05) is 6.54 Å². The fourth-order valence-electron chi connectivity index (χ4n) is 0.894. The summed E-state index contributed by atoms with van der Waals surface area (Å²) < 4.78 is 0.580. The summed E-state index contributed by atoms with van der Waals surface area (Å²) >= 11 is 0. The molecule has 0 bridgehead atoms. The van der Waals surface area contributed by atoms with Crippen LogP contribution in [0.4, 0.5) is 0 Å². The van der Waals surface area contributed by atoms with Gasteiger partial charge in [0, 0.05) is 6.92 Å². The van der Waals surface area contributed by atoms with Gasteiger partial charge >= 0.3 is 0 Å². The summed E-state index contributed by atoms with van der Waals surface area (Å²) in [5.74, 6) is 2.88. The Hall–Kier alpha value is -0.590. The van der Waals surface area contributed by atoms with Crippen molar-refractivity contribution in [2.24, 2.45) is 4.99 Å². The van der Waals surface area contributed by atoms with Crippen molar-refractivity contribution in [1.82, 2.24) is 0 Å². The Balaban J connectivity index is 0.000001000. The van der Waals surface area contributed by atoms with Gasteiger partial charge in [-0.1, -0.05) is 0 Å². The fourth-order valence-corrected chi connectivity index (χ4v) is 0.894. The van der Waals surface area contributed by atoms with Crippen LogP contribution < -0.4 is 17.0 Å². The highest BCUT2D eigenvalue weighted by atomic mass is 79.9. The van der Waals surface area contributed by atoms with E-state index in [0.717, 1.165) is 6.54 Å². The molecule has 1 atom stereocenters. The molecule has 0 radical (unpaired) electrons. The van der Waals surface area contributed by atoms with Crippen LogP contribution in [0.5, 0.6) is 0 Å². The zero-order valence-electron chi connectivity index (χ0n) is 6.71. The van der Waals surface area contributed by atoms with Gasteiger partial charge < -0.3 is 17.0 Å². The first-order valence-corrected chi connectivity index (χ1v) is 3.36. The van der Waals surface area contributed by atoms with E-state index in [1.807, 2.05) is 19.5 Å². The van der Waals surface area contributed by atoms with Crippen LogP contribution in [0.15, 0.2) is 17.4 Å². The Morgan fingerprint density at radius 3 is 2.64 bits per heavy atom. The Kier molecular flexibility index (Phi) is 4.09. The van der Waals surface area contributed by atoms with Crippen LogP contribution in [0.1, 0.15) is 13.8 Å². The highest BCUT2D eigenvalue weighted by Crippen LogP contribution is 2.07. The van der Waals surface area contributed by atoms with Crippen LogP contribution >= 0.6 is 0 Å². The zero-order chi connectivity index (χ0) is 7.45. The van der Waals surface area contributed by atoms with Gasteiger partial charge in [-0.25, -0.2) is 4.99 Å². The molecular formula is C8H11BrN2. The Morgan fingerprint density at radius 1 is 1.55 bits per heavy atom. The molecule has 3 heteroatoms. The Labute approximate surface area is 78.0 Å². The third-order valence-corrected chi connectivity index (χ3v) is 1.53. The van der Waals surface area contributed by atoms with Gasteiger partial charge in [0.25, 0.3) is 0 Å². The van der Waals surface area contributed by atoms with Gasteiger partial charge in [-0.2, -0.15) is 4.48 Å². The molecule has 0 amide bonds. The maximum atomic E-state index is 3.99. The van der Waals surface area contributed by atoms with E-state index in [4.69, 9.17) is 0 Å². The van der Waals surface area contributed by atoms with Crippen LogP contribution in [-0.2, 0) is 0 Å². The Morgan fingerprint density at radius 2 is 2.27 bits per heavy atom. The lowest BCUT2D eigenvalue weighted by atomic mass is 10.5. The zero-order valence-corrected chi connectivity index (χ0v) is 8.30. The third-order valence-electron chi connectivity index (χ3n) is 1.53. The topological polar surface area (TPSA) is 12.4 Å². The lowest BCUT2D eigenvalue weighted by Crippen LogP contribution is -3.00. The van der Waals surface area contributed by atoms with Gasteiger partial charge in [-0.3, -0.25) is 0 Å². The Bertz CT molecular complexity index is 220. The lowest BCUT2D eigenvalue weighted by Gasteiger charge is -2.15. The quantitative estimate of drug-likeness (QED) is 0.366.